The summed E-state index contributed by atoms with van der Waals surface area (Å²) in [5, 5.41) is 3.13. The van der Waals surface area contributed by atoms with E-state index in [1.807, 2.05) is 25.1 Å². The predicted molar refractivity (Wildman–Crippen MR) is 121 cm³/mol. The van der Waals surface area contributed by atoms with Gasteiger partial charge in [0.15, 0.2) is 5.16 Å². The number of thioether (sulfide) groups is 2. The number of rotatable bonds is 6. The molecule has 0 saturated heterocycles. The fourth-order valence-electron chi connectivity index (χ4n) is 3.24. The molecule has 0 spiro atoms. The van der Waals surface area contributed by atoms with Gasteiger partial charge in [0.1, 0.15) is 5.75 Å². The van der Waals surface area contributed by atoms with Gasteiger partial charge in [-0.2, -0.15) is 0 Å². The van der Waals surface area contributed by atoms with Gasteiger partial charge >= 0.3 is 6.36 Å². The predicted octanol–water partition coefficient (Wildman–Crippen LogP) is 4.82. The van der Waals surface area contributed by atoms with Gasteiger partial charge in [-0.1, -0.05) is 30.0 Å². The smallest absolute Gasteiger partial charge is 0.406 e. The standard InChI is InChI=1S/C22H18F3N3O3S2/c1-13-4-2-3-5-16(13)26-18(29)12-33-21-27-17-10-11-32-19(17)20(30)28(21)14-6-8-15(9-7-14)31-22(23,24)25/h2-9H,10-12H2,1H3,(H,26,29). The molecule has 1 amide bonds. The number of amides is 1. The molecule has 0 aliphatic carbocycles. The van der Waals surface area contributed by atoms with Crippen molar-refractivity contribution >= 4 is 35.1 Å². The Kier molecular flexibility index (Phi) is 6.71. The molecule has 0 fully saturated rings. The van der Waals surface area contributed by atoms with Crippen LogP contribution in [0.15, 0.2) is 63.4 Å². The average Bonchev–Trinajstić information content (AvgIpc) is 3.23. The number of aromatic nitrogens is 2. The first-order valence-electron chi connectivity index (χ1n) is 9.84. The number of para-hydroxylation sites is 1. The van der Waals surface area contributed by atoms with E-state index < -0.39 is 12.1 Å². The summed E-state index contributed by atoms with van der Waals surface area (Å²) >= 11 is 2.48. The third-order valence-electron chi connectivity index (χ3n) is 4.75. The van der Waals surface area contributed by atoms with Gasteiger partial charge < -0.3 is 10.1 Å². The number of carbonyl (C=O) groups excluding carboxylic acids is 1. The Morgan fingerprint density at radius 3 is 2.64 bits per heavy atom. The molecular weight excluding hydrogens is 475 g/mol. The van der Waals surface area contributed by atoms with E-state index in [-0.39, 0.29) is 17.2 Å². The SMILES string of the molecule is Cc1ccccc1NC(=O)CSc1nc2c(c(=O)n1-c1ccc(OC(F)(F)F)cc1)SCC2. The lowest BCUT2D eigenvalue weighted by molar-refractivity contribution is -0.274. The van der Waals surface area contributed by atoms with Crippen LogP contribution in [0.25, 0.3) is 5.69 Å². The van der Waals surface area contributed by atoms with E-state index >= 15 is 0 Å². The van der Waals surface area contributed by atoms with Gasteiger partial charge in [0.25, 0.3) is 5.56 Å². The summed E-state index contributed by atoms with van der Waals surface area (Å²) < 4.78 is 42.6. The summed E-state index contributed by atoms with van der Waals surface area (Å²) in [6, 6.07) is 12.3. The van der Waals surface area contributed by atoms with Crippen molar-refractivity contribution in [3.8, 4) is 11.4 Å². The summed E-state index contributed by atoms with van der Waals surface area (Å²) in [4.78, 5) is 30.8. The molecule has 1 N–H and O–H groups in total. The Labute approximate surface area is 195 Å². The minimum atomic E-state index is -4.81. The van der Waals surface area contributed by atoms with Crippen molar-refractivity contribution in [3.63, 3.8) is 0 Å². The maximum atomic E-state index is 13.2. The van der Waals surface area contributed by atoms with Crippen LogP contribution in [0.1, 0.15) is 11.3 Å². The highest BCUT2D eigenvalue weighted by molar-refractivity contribution is 8.00. The van der Waals surface area contributed by atoms with Crippen LogP contribution in [-0.2, 0) is 11.2 Å². The second kappa shape index (κ2) is 9.52. The number of carbonyl (C=O) groups is 1. The molecule has 0 saturated carbocycles. The average molecular weight is 494 g/mol. The van der Waals surface area contributed by atoms with Crippen molar-refractivity contribution in [2.45, 2.75) is 29.8 Å². The number of halogens is 3. The second-order valence-electron chi connectivity index (χ2n) is 7.10. The summed E-state index contributed by atoms with van der Waals surface area (Å²) in [6.45, 7) is 1.88. The number of ether oxygens (including phenoxy) is 1. The molecule has 11 heteroatoms. The van der Waals surface area contributed by atoms with Gasteiger partial charge in [-0.25, -0.2) is 4.98 Å². The second-order valence-corrected chi connectivity index (χ2v) is 9.15. The Morgan fingerprint density at radius 1 is 1.21 bits per heavy atom. The van der Waals surface area contributed by atoms with E-state index in [0.29, 0.717) is 33.5 Å². The third kappa shape index (κ3) is 5.53. The third-order valence-corrected chi connectivity index (χ3v) is 6.79. The normalized spacial score (nSPS) is 13.0. The Bertz CT molecular complexity index is 1240. The van der Waals surface area contributed by atoms with E-state index in [1.54, 1.807) is 6.07 Å². The van der Waals surface area contributed by atoms with Crippen molar-refractivity contribution in [2.24, 2.45) is 0 Å². The molecule has 0 unspecified atom stereocenters. The largest absolute Gasteiger partial charge is 0.573 e. The zero-order valence-electron chi connectivity index (χ0n) is 17.3. The molecule has 0 bridgehead atoms. The van der Waals surface area contributed by atoms with Crippen LogP contribution in [0.3, 0.4) is 0 Å². The maximum Gasteiger partial charge on any atom is 0.573 e. The summed E-state index contributed by atoms with van der Waals surface area (Å²) in [7, 11) is 0. The highest BCUT2D eigenvalue weighted by Crippen LogP contribution is 2.31. The Balaban J connectivity index is 1.60. The van der Waals surface area contributed by atoms with Gasteiger partial charge in [0, 0.05) is 17.9 Å². The van der Waals surface area contributed by atoms with Crippen LogP contribution in [0, 0.1) is 6.92 Å². The number of hydrogen-bond acceptors (Lipinski definition) is 6. The lowest BCUT2D eigenvalue weighted by Crippen LogP contribution is -2.25. The van der Waals surface area contributed by atoms with E-state index in [1.165, 1.54) is 28.5 Å². The quantitative estimate of drug-likeness (QED) is 0.392. The van der Waals surface area contributed by atoms with Crippen LogP contribution >= 0.6 is 23.5 Å². The first kappa shape index (κ1) is 23.2. The molecule has 2 aromatic carbocycles. The number of hydrogen-bond donors (Lipinski definition) is 1. The molecule has 1 aliphatic heterocycles. The Morgan fingerprint density at radius 2 is 1.94 bits per heavy atom. The van der Waals surface area contributed by atoms with Gasteiger partial charge in [-0.05, 0) is 42.8 Å². The number of aryl methyl sites for hydroxylation is 2. The minimum absolute atomic E-state index is 0.00196. The van der Waals surface area contributed by atoms with E-state index in [9.17, 15) is 22.8 Å². The van der Waals surface area contributed by atoms with E-state index in [4.69, 9.17) is 0 Å². The molecule has 2 heterocycles. The zero-order chi connectivity index (χ0) is 23.6. The van der Waals surface area contributed by atoms with Gasteiger partial charge in [0.2, 0.25) is 5.91 Å². The molecule has 6 nitrogen and oxygen atoms in total. The molecular formula is C22H18F3N3O3S2. The summed E-state index contributed by atoms with van der Waals surface area (Å²) in [6.07, 6.45) is -4.17. The lowest BCUT2D eigenvalue weighted by atomic mass is 10.2. The molecule has 1 aliphatic rings. The lowest BCUT2D eigenvalue weighted by Gasteiger charge is -2.15. The zero-order valence-corrected chi connectivity index (χ0v) is 18.9. The highest BCUT2D eigenvalue weighted by Gasteiger charge is 2.31. The molecule has 172 valence electrons. The van der Waals surface area contributed by atoms with Crippen molar-refractivity contribution in [3.05, 3.63) is 70.1 Å². The summed E-state index contributed by atoms with van der Waals surface area (Å²) in [5.41, 5.74) is 2.30. The molecule has 0 atom stereocenters. The minimum Gasteiger partial charge on any atom is -0.406 e. The molecule has 4 rings (SSSR count). The molecule has 1 aromatic heterocycles. The van der Waals surface area contributed by atoms with Crippen LogP contribution in [0.5, 0.6) is 5.75 Å². The fourth-order valence-corrected chi connectivity index (χ4v) is 5.10. The first-order valence-corrected chi connectivity index (χ1v) is 11.8. The van der Waals surface area contributed by atoms with E-state index in [2.05, 4.69) is 15.0 Å². The van der Waals surface area contributed by atoms with Crippen LogP contribution in [0.2, 0.25) is 0 Å². The fraction of sp³-hybridized carbons (Fsp3) is 0.227. The number of alkyl halides is 3. The van der Waals surface area contributed by atoms with Gasteiger partial charge in [-0.15, -0.1) is 24.9 Å². The van der Waals surface area contributed by atoms with Crippen molar-refractivity contribution in [2.75, 3.05) is 16.8 Å². The monoisotopic (exact) mass is 493 g/mol. The number of nitrogens with zero attached hydrogens (tertiary/aromatic N) is 2. The van der Waals surface area contributed by atoms with Gasteiger partial charge in [0.05, 0.1) is 22.0 Å². The van der Waals surface area contributed by atoms with Gasteiger partial charge in [-0.3, -0.25) is 14.2 Å². The Hall–Kier alpha value is -2.92. The highest BCUT2D eigenvalue weighted by atomic mass is 32.2. The number of fused-ring (bicyclic) bond motifs is 1. The van der Waals surface area contributed by atoms with Crippen molar-refractivity contribution < 1.29 is 22.7 Å². The molecule has 33 heavy (non-hydrogen) atoms. The number of benzene rings is 2. The number of anilines is 1. The number of nitrogens with one attached hydrogen (secondary N) is 1. The van der Waals surface area contributed by atoms with Crippen molar-refractivity contribution in [1.29, 1.82) is 0 Å². The van der Waals surface area contributed by atoms with Crippen LogP contribution in [0.4, 0.5) is 18.9 Å². The summed E-state index contributed by atoms with van der Waals surface area (Å²) in [5.74, 6) is 0.0632. The maximum absolute atomic E-state index is 13.2. The molecule has 3 aromatic rings. The first-order chi connectivity index (χ1) is 15.7. The van der Waals surface area contributed by atoms with E-state index in [0.717, 1.165) is 35.2 Å². The topological polar surface area (TPSA) is 73.2 Å². The molecule has 0 radical (unpaired) electrons. The van der Waals surface area contributed by atoms with Crippen LogP contribution in [-0.4, -0.2) is 33.3 Å². The van der Waals surface area contributed by atoms with Crippen molar-refractivity contribution in [1.82, 2.24) is 9.55 Å². The van der Waals surface area contributed by atoms with Crippen LogP contribution < -0.4 is 15.6 Å².